The smallest absolute Gasteiger partial charge is 0.258 e. The van der Waals surface area contributed by atoms with Crippen LogP contribution in [0.3, 0.4) is 0 Å². The van der Waals surface area contributed by atoms with Crippen LogP contribution in [0, 0.1) is 5.82 Å². The highest BCUT2D eigenvalue weighted by Crippen LogP contribution is 2.33. The number of hydrogen-bond acceptors (Lipinski definition) is 4. The summed E-state index contributed by atoms with van der Waals surface area (Å²) in [5.41, 5.74) is 1.84. The van der Waals surface area contributed by atoms with Crippen LogP contribution in [0.5, 0.6) is 0 Å². The molecule has 0 unspecified atom stereocenters. The van der Waals surface area contributed by atoms with Gasteiger partial charge in [-0.05, 0) is 36.4 Å². The minimum Gasteiger partial charge on any atom is -0.322 e. The molecule has 7 heteroatoms. The number of hydrogen-bond donors (Lipinski definition) is 1. The van der Waals surface area contributed by atoms with Gasteiger partial charge in [-0.25, -0.2) is 9.37 Å². The van der Waals surface area contributed by atoms with E-state index in [1.165, 1.54) is 41.9 Å². The van der Waals surface area contributed by atoms with Crippen LogP contribution in [-0.2, 0) is 0 Å². The van der Waals surface area contributed by atoms with Gasteiger partial charge in [0.25, 0.3) is 5.91 Å². The molecule has 0 aliphatic rings. The monoisotopic (exact) mass is 383 g/mol. The van der Waals surface area contributed by atoms with Gasteiger partial charge in [-0.2, -0.15) is 0 Å². The summed E-state index contributed by atoms with van der Waals surface area (Å²) in [6, 6.07) is 13.5. The standard InChI is InChI=1S/C19H11ClFN3OS/c20-14-7-8-22-10-13(14)18(25)23-11-5-6-15(21)12(9-11)19-24-16-3-1-2-4-17(16)26-19/h1-10H,(H,23,25). The molecule has 4 nitrogen and oxygen atoms in total. The molecule has 0 fully saturated rings. The molecule has 0 saturated heterocycles. The molecule has 0 spiro atoms. The van der Waals surface area contributed by atoms with Crippen molar-refractivity contribution in [1.29, 1.82) is 0 Å². The van der Waals surface area contributed by atoms with Crippen LogP contribution < -0.4 is 5.32 Å². The number of carbonyl (C=O) groups excluding carboxylic acids is 1. The van der Waals surface area contributed by atoms with Crippen LogP contribution in [0.25, 0.3) is 20.8 Å². The number of aromatic nitrogens is 2. The van der Waals surface area contributed by atoms with Crippen LogP contribution >= 0.6 is 22.9 Å². The maximum Gasteiger partial charge on any atom is 0.258 e. The van der Waals surface area contributed by atoms with Crippen molar-refractivity contribution in [2.45, 2.75) is 0 Å². The van der Waals surface area contributed by atoms with E-state index in [1.807, 2.05) is 24.3 Å². The summed E-state index contributed by atoms with van der Waals surface area (Å²) in [7, 11) is 0. The number of fused-ring (bicyclic) bond motifs is 1. The summed E-state index contributed by atoms with van der Waals surface area (Å²) < 4.78 is 15.3. The number of amides is 1. The molecule has 0 aliphatic carbocycles. The zero-order valence-corrected chi connectivity index (χ0v) is 14.8. The first kappa shape index (κ1) is 16.6. The number of para-hydroxylation sites is 1. The third kappa shape index (κ3) is 3.16. The van der Waals surface area contributed by atoms with E-state index in [0.717, 1.165) is 10.2 Å². The molecule has 4 rings (SSSR count). The Morgan fingerprint density at radius 2 is 2.00 bits per heavy atom. The predicted octanol–water partition coefficient (Wildman–Crippen LogP) is 5.40. The Morgan fingerprint density at radius 3 is 2.81 bits per heavy atom. The summed E-state index contributed by atoms with van der Waals surface area (Å²) in [5, 5.41) is 3.57. The number of nitrogens with zero attached hydrogens (tertiary/aromatic N) is 2. The second-order valence-electron chi connectivity index (χ2n) is 5.49. The van der Waals surface area contributed by atoms with Crippen LogP contribution in [0.2, 0.25) is 5.02 Å². The fraction of sp³-hybridized carbons (Fsp3) is 0. The summed E-state index contributed by atoms with van der Waals surface area (Å²) in [4.78, 5) is 20.7. The van der Waals surface area contributed by atoms with E-state index >= 15 is 0 Å². The van der Waals surface area contributed by atoms with E-state index < -0.39 is 11.7 Å². The highest BCUT2D eigenvalue weighted by Gasteiger charge is 2.14. The third-order valence-corrected chi connectivity index (χ3v) is 5.16. The van der Waals surface area contributed by atoms with Crippen LogP contribution in [0.15, 0.2) is 60.9 Å². The Kier molecular flexibility index (Phi) is 4.36. The van der Waals surface area contributed by atoms with E-state index in [0.29, 0.717) is 21.3 Å². The van der Waals surface area contributed by atoms with Gasteiger partial charge in [-0.15, -0.1) is 11.3 Å². The van der Waals surface area contributed by atoms with Gasteiger partial charge in [0.2, 0.25) is 0 Å². The van der Waals surface area contributed by atoms with Gasteiger partial charge in [0.1, 0.15) is 10.8 Å². The second-order valence-corrected chi connectivity index (χ2v) is 6.93. The van der Waals surface area contributed by atoms with Crippen LogP contribution in [0.4, 0.5) is 10.1 Å². The van der Waals surface area contributed by atoms with E-state index in [2.05, 4.69) is 15.3 Å². The van der Waals surface area contributed by atoms with Gasteiger partial charge in [0.05, 0.1) is 20.8 Å². The maximum atomic E-state index is 14.3. The minimum absolute atomic E-state index is 0.250. The van der Waals surface area contributed by atoms with Gasteiger partial charge in [-0.3, -0.25) is 9.78 Å². The van der Waals surface area contributed by atoms with Crippen molar-refractivity contribution >= 4 is 44.7 Å². The number of halogens is 2. The van der Waals surface area contributed by atoms with E-state index in [4.69, 9.17) is 11.6 Å². The lowest BCUT2D eigenvalue weighted by atomic mass is 10.2. The quantitative estimate of drug-likeness (QED) is 0.515. The van der Waals surface area contributed by atoms with E-state index in [-0.39, 0.29) is 5.56 Å². The molecule has 0 saturated carbocycles. The average Bonchev–Trinajstić information content (AvgIpc) is 3.07. The highest BCUT2D eigenvalue weighted by atomic mass is 35.5. The Hall–Kier alpha value is -2.83. The zero-order chi connectivity index (χ0) is 18.1. The fourth-order valence-corrected chi connectivity index (χ4v) is 3.67. The lowest BCUT2D eigenvalue weighted by Gasteiger charge is -2.08. The molecule has 0 aliphatic heterocycles. The molecule has 2 aromatic heterocycles. The van der Waals surface area contributed by atoms with Gasteiger partial charge in [-0.1, -0.05) is 23.7 Å². The molecule has 2 aromatic carbocycles. The lowest BCUT2D eigenvalue weighted by molar-refractivity contribution is 0.102. The molecule has 0 radical (unpaired) electrons. The largest absolute Gasteiger partial charge is 0.322 e. The second kappa shape index (κ2) is 6.82. The molecule has 0 bridgehead atoms. The highest BCUT2D eigenvalue weighted by molar-refractivity contribution is 7.21. The normalized spacial score (nSPS) is 10.8. The van der Waals surface area contributed by atoms with Crippen LogP contribution in [-0.4, -0.2) is 15.9 Å². The Labute approximate surface area is 157 Å². The Morgan fingerprint density at radius 1 is 1.15 bits per heavy atom. The zero-order valence-electron chi connectivity index (χ0n) is 13.2. The summed E-state index contributed by atoms with van der Waals surface area (Å²) >= 11 is 7.41. The molecular formula is C19H11ClFN3OS. The predicted molar refractivity (Wildman–Crippen MR) is 102 cm³/mol. The number of benzene rings is 2. The minimum atomic E-state index is -0.412. The molecule has 1 N–H and O–H groups in total. The number of pyridine rings is 1. The van der Waals surface area contributed by atoms with Crippen molar-refractivity contribution in [2.24, 2.45) is 0 Å². The van der Waals surface area contributed by atoms with Crippen molar-refractivity contribution < 1.29 is 9.18 Å². The summed E-state index contributed by atoms with van der Waals surface area (Å²) in [6.45, 7) is 0. The van der Waals surface area contributed by atoms with Crippen molar-refractivity contribution in [2.75, 3.05) is 5.32 Å². The van der Waals surface area contributed by atoms with Gasteiger partial charge < -0.3 is 5.32 Å². The van der Waals surface area contributed by atoms with E-state index in [9.17, 15) is 9.18 Å². The van der Waals surface area contributed by atoms with Crippen LogP contribution in [0.1, 0.15) is 10.4 Å². The molecule has 2 heterocycles. The number of nitrogens with one attached hydrogen (secondary N) is 1. The molecule has 0 atom stereocenters. The first-order valence-corrected chi connectivity index (χ1v) is 8.87. The number of thiazole rings is 1. The van der Waals surface area contributed by atoms with Gasteiger partial charge >= 0.3 is 0 Å². The number of rotatable bonds is 3. The average molecular weight is 384 g/mol. The number of carbonyl (C=O) groups is 1. The summed E-state index contributed by atoms with van der Waals surface area (Å²) in [6.07, 6.45) is 2.89. The lowest BCUT2D eigenvalue weighted by Crippen LogP contribution is -2.12. The summed E-state index contributed by atoms with van der Waals surface area (Å²) in [5.74, 6) is -0.813. The number of anilines is 1. The van der Waals surface area contributed by atoms with Gasteiger partial charge in [0.15, 0.2) is 0 Å². The van der Waals surface area contributed by atoms with Crippen molar-refractivity contribution in [3.05, 3.63) is 77.3 Å². The van der Waals surface area contributed by atoms with Crippen molar-refractivity contribution in [3.63, 3.8) is 0 Å². The molecule has 4 aromatic rings. The Bertz CT molecular complexity index is 1100. The maximum absolute atomic E-state index is 14.3. The van der Waals surface area contributed by atoms with Crippen molar-refractivity contribution in [3.8, 4) is 10.6 Å². The first-order chi connectivity index (χ1) is 12.6. The molecule has 128 valence electrons. The third-order valence-electron chi connectivity index (χ3n) is 3.76. The van der Waals surface area contributed by atoms with E-state index in [1.54, 1.807) is 6.07 Å². The van der Waals surface area contributed by atoms with Crippen molar-refractivity contribution in [1.82, 2.24) is 9.97 Å². The van der Waals surface area contributed by atoms with Gasteiger partial charge in [0, 0.05) is 23.6 Å². The molecule has 26 heavy (non-hydrogen) atoms. The topological polar surface area (TPSA) is 54.9 Å². The molecular weight excluding hydrogens is 373 g/mol. The first-order valence-electron chi connectivity index (χ1n) is 7.68. The Balaban J connectivity index is 1.68. The molecule has 1 amide bonds. The fourth-order valence-electron chi connectivity index (χ4n) is 2.50. The SMILES string of the molecule is O=C(Nc1ccc(F)c(-c2nc3ccccc3s2)c1)c1cnccc1Cl.